The van der Waals surface area contributed by atoms with Gasteiger partial charge in [-0.25, -0.2) is 13.3 Å². The minimum Gasteiger partial charge on any atom is -0.335 e. The highest BCUT2D eigenvalue weighted by Gasteiger charge is 2.29. The van der Waals surface area contributed by atoms with Crippen molar-refractivity contribution in [3.63, 3.8) is 0 Å². The van der Waals surface area contributed by atoms with Crippen LogP contribution in [0.5, 0.6) is 0 Å². The number of carbonyl (C=O) groups excluding carboxylic acids is 2. The van der Waals surface area contributed by atoms with Gasteiger partial charge in [0.15, 0.2) is 0 Å². The van der Waals surface area contributed by atoms with Crippen LogP contribution >= 0.6 is 0 Å². The number of rotatable bonds is 2. The Labute approximate surface area is 153 Å². The molecule has 1 saturated heterocycles. The molecule has 2 amide bonds. The second-order valence-electron chi connectivity index (χ2n) is 6.27. The van der Waals surface area contributed by atoms with Gasteiger partial charge in [0.05, 0.1) is 17.3 Å². The molecule has 3 heterocycles. The van der Waals surface area contributed by atoms with Gasteiger partial charge in [-0.15, -0.1) is 0 Å². The van der Waals surface area contributed by atoms with Crippen LogP contribution in [0, 0.1) is 11.6 Å². The molecular weight excluding hydrogens is 354 g/mol. The van der Waals surface area contributed by atoms with Crippen molar-refractivity contribution in [2.75, 3.05) is 26.2 Å². The number of aromatic nitrogens is 2. The van der Waals surface area contributed by atoms with Crippen molar-refractivity contribution in [3.8, 4) is 0 Å². The van der Waals surface area contributed by atoms with Gasteiger partial charge in [0.2, 0.25) is 0 Å². The van der Waals surface area contributed by atoms with E-state index in [4.69, 9.17) is 0 Å². The molecule has 1 aliphatic rings. The van der Waals surface area contributed by atoms with E-state index in [2.05, 4.69) is 5.10 Å². The van der Waals surface area contributed by atoms with E-state index in [9.17, 15) is 18.4 Å². The first-order valence-corrected chi connectivity index (χ1v) is 8.51. The zero-order valence-corrected chi connectivity index (χ0v) is 14.3. The maximum Gasteiger partial charge on any atom is 0.259 e. The van der Waals surface area contributed by atoms with E-state index in [-0.39, 0.29) is 32.1 Å². The molecular formula is C19H16F2N4O2. The molecule has 0 spiro atoms. The SMILES string of the molecule is O=C(c1c(F)cccc1F)N1CCN(C(=O)c2cnn3ccccc23)CC1. The highest BCUT2D eigenvalue weighted by molar-refractivity contribution is 6.01. The number of pyridine rings is 1. The van der Waals surface area contributed by atoms with Crippen LogP contribution < -0.4 is 0 Å². The fourth-order valence-corrected chi connectivity index (χ4v) is 3.24. The van der Waals surface area contributed by atoms with Crippen molar-refractivity contribution in [2.24, 2.45) is 0 Å². The fraction of sp³-hybridized carbons (Fsp3) is 0.211. The van der Waals surface area contributed by atoms with Gasteiger partial charge in [-0.2, -0.15) is 5.10 Å². The third-order valence-electron chi connectivity index (χ3n) is 4.69. The number of carbonyl (C=O) groups is 2. The lowest BCUT2D eigenvalue weighted by Crippen LogP contribution is -2.50. The summed E-state index contributed by atoms with van der Waals surface area (Å²) in [7, 11) is 0. The lowest BCUT2D eigenvalue weighted by atomic mass is 10.1. The van der Waals surface area contributed by atoms with Crippen LogP contribution in [-0.4, -0.2) is 57.4 Å². The van der Waals surface area contributed by atoms with E-state index in [1.165, 1.54) is 17.2 Å². The molecule has 0 atom stereocenters. The lowest BCUT2D eigenvalue weighted by Gasteiger charge is -2.34. The standard InChI is InChI=1S/C19H16F2N4O2/c20-14-4-3-5-15(21)17(14)19(27)24-10-8-23(9-11-24)18(26)13-12-22-25-7-2-1-6-16(13)25/h1-7,12H,8-11H2. The van der Waals surface area contributed by atoms with E-state index in [0.29, 0.717) is 11.1 Å². The monoisotopic (exact) mass is 370 g/mol. The second-order valence-corrected chi connectivity index (χ2v) is 6.27. The highest BCUT2D eigenvalue weighted by Crippen LogP contribution is 2.18. The van der Waals surface area contributed by atoms with Gasteiger partial charge in [-0.1, -0.05) is 12.1 Å². The van der Waals surface area contributed by atoms with Gasteiger partial charge in [-0.05, 0) is 24.3 Å². The number of fused-ring (bicyclic) bond motifs is 1. The van der Waals surface area contributed by atoms with Gasteiger partial charge < -0.3 is 9.80 Å². The van der Waals surface area contributed by atoms with Crippen LogP contribution in [0.1, 0.15) is 20.7 Å². The lowest BCUT2D eigenvalue weighted by molar-refractivity contribution is 0.0531. The van der Waals surface area contributed by atoms with Crippen molar-refractivity contribution in [2.45, 2.75) is 0 Å². The molecule has 0 saturated carbocycles. The van der Waals surface area contributed by atoms with E-state index >= 15 is 0 Å². The number of nitrogens with zero attached hydrogens (tertiary/aromatic N) is 4. The Morgan fingerprint density at radius 1 is 0.852 bits per heavy atom. The van der Waals surface area contributed by atoms with Crippen LogP contribution in [-0.2, 0) is 0 Å². The molecule has 2 aromatic heterocycles. The maximum atomic E-state index is 13.8. The summed E-state index contributed by atoms with van der Waals surface area (Å²) in [5, 5.41) is 4.16. The summed E-state index contributed by atoms with van der Waals surface area (Å²) < 4.78 is 29.3. The molecule has 138 valence electrons. The number of halogens is 2. The van der Waals surface area contributed by atoms with E-state index in [0.717, 1.165) is 12.1 Å². The van der Waals surface area contributed by atoms with Crippen molar-refractivity contribution in [3.05, 3.63) is 71.6 Å². The van der Waals surface area contributed by atoms with Gasteiger partial charge >= 0.3 is 0 Å². The van der Waals surface area contributed by atoms with Crippen molar-refractivity contribution in [1.82, 2.24) is 19.4 Å². The van der Waals surface area contributed by atoms with Crippen molar-refractivity contribution in [1.29, 1.82) is 0 Å². The first-order valence-electron chi connectivity index (χ1n) is 8.51. The molecule has 0 radical (unpaired) electrons. The van der Waals surface area contributed by atoms with Crippen LogP contribution in [0.25, 0.3) is 5.52 Å². The Kier molecular flexibility index (Phi) is 4.31. The number of hydrogen-bond donors (Lipinski definition) is 0. The molecule has 0 aliphatic carbocycles. The summed E-state index contributed by atoms with van der Waals surface area (Å²) in [6.45, 7) is 0.977. The second kappa shape index (κ2) is 6.79. The summed E-state index contributed by atoms with van der Waals surface area (Å²) in [5.41, 5.74) is 0.630. The highest BCUT2D eigenvalue weighted by atomic mass is 19.1. The van der Waals surface area contributed by atoms with E-state index in [1.54, 1.807) is 21.7 Å². The first kappa shape index (κ1) is 17.1. The third kappa shape index (κ3) is 3.03. The average molecular weight is 370 g/mol. The summed E-state index contributed by atoms with van der Waals surface area (Å²) >= 11 is 0. The molecule has 0 unspecified atom stereocenters. The zero-order chi connectivity index (χ0) is 19.0. The average Bonchev–Trinajstić information content (AvgIpc) is 3.11. The Morgan fingerprint density at radius 2 is 1.48 bits per heavy atom. The van der Waals surface area contributed by atoms with Gasteiger partial charge in [0.25, 0.3) is 11.8 Å². The van der Waals surface area contributed by atoms with Crippen LogP contribution in [0.4, 0.5) is 8.78 Å². The predicted molar refractivity (Wildman–Crippen MR) is 93.4 cm³/mol. The topological polar surface area (TPSA) is 57.9 Å². The Balaban J connectivity index is 1.47. The largest absolute Gasteiger partial charge is 0.335 e. The molecule has 3 aromatic rings. The van der Waals surface area contributed by atoms with E-state index < -0.39 is 23.1 Å². The normalized spacial score (nSPS) is 14.6. The van der Waals surface area contributed by atoms with Crippen molar-refractivity contribution >= 4 is 17.3 Å². The quantitative estimate of drug-likeness (QED) is 0.695. The number of piperazine rings is 1. The summed E-state index contributed by atoms with van der Waals surface area (Å²) in [5.74, 6) is -2.65. The summed E-state index contributed by atoms with van der Waals surface area (Å²) in [6, 6.07) is 8.78. The Bertz CT molecular complexity index is 1010. The van der Waals surface area contributed by atoms with Gasteiger partial charge in [-0.3, -0.25) is 9.59 Å². The van der Waals surface area contributed by atoms with Crippen LogP contribution in [0.2, 0.25) is 0 Å². The minimum absolute atomic E-state index is 0.180. The number of amides is 2. The molecule has 8 heteroatoms. The first-order chi connectivity index (χ1) is 13.1. The molecule has 0 bridgehead atoms. The molecule has 4 rings (SSSR count). The fourth-order valence-electron chi connectivity index (χ4n) is 3.24. The maximum absolute atomic E-state index is 13.8. The summed E-state index contributed by atoms with van der Waals surface area (Å²) in [6.07, 6.45) is 3.27. The van der Waals surface area contributed by atoms with Crippen LogP contribution in [0.3, 0.4) is 0 Å². The predicted octanol–water partition coefficient (Wildman–Crippen LogP) is 2.21. The molecule has 1 aliphatic heterocycles. The molecule has 6 nitrogen and oxygen atoms in total. The van der Waals surface area contributed by atoms with Crippen molar-refractivity contribution < 1.29 is 18.4 Å². The Hall–Kier alpha value is -3.29. The minimum atomic E-state index is -0.884. The third-order valence-corrected chi connectivity index (χ3v) is 4.69. The molecule has 0 N–H and O–H groups in total. The Morgan fingerprint density at radius 3 is 2.15 bits per heavy atom. The summed E-state index contributed by atoms with van der Waals surface area (Å²) in [4.78, 5) is 28.2. The number of benzene rings is 1. The smallest absolute Gasteiger partial charge is 0.259 e. The zero-order valence-electron chi connectivity index (χ0n) is 14.3. The van der Waals surface area contributed by atoms with Crippen LogP contribution in [0.15, 0.2) is 48.8 Å². The van der Waals surface area contributed by atoms with Gasteiger partial charge in [0, 0.05) is 32.4 Å². The number of hydrogen-bond acceptors (Lipinski definition) is 3. The molecule has 27 heavy (non-hydrogen) atoms. The molecule has 1 fully saturated rings. The van der Waals surface area contributed by atoms with Gasteiger partial charge in [0.1, 0.15) is 17.2 Å². The molecule has 1 aromatic carbocycles. The van der Waals surface area contributed by atoms with E-state index in [1.807, 2.05) is 12.1 Å².